The summed E-state index contributed by atoms with van der Waals surface area (Å²) in [5.41, 5.74) is 3.57. The molecule has 2 aromatic carbocycles. The monoisotopic (exact) mass is 379 g/mol. The number of nitrogens with zero attached hydrogens (tertiary/aromatic N) is 3. The third kappa shape index (κ3) is 4.46. The number of carbonyl (C=O) groups is 1. The molecule has 0 aliphatic carbocycles. The lowest BCUT2D eigenvalue weighted by Crippen LogP contribution is -2.28. The maximum absolute atomic E-state index is 12.8. The van der Waals surface area contributed by atoms with E-state index in [0.29, 0.717) is 5.03 Å². The smallest absolute Gasteiger partial charge is 0.287 e. The summed E-state index contributed by atoms with van der Waals surface area (Å²) in [4.78, 5) is 31.0. The van der Waals surface area contributed by atoms with Crippen molar-refractivity contribution >= 4 is 23.4 Å². The molecular weight excluding hydrogens is 358 g/mol. The van der Waals surface area contributed by atoms with Crippen LogP contribution in [-0.4, -0.2) is 28.3 Å². The number of anilines is 1. The molecule has 0 spiro atoms. The predicted octanol–water partition coefficient (Wildman–Crippen LogP) is 3.60. The molecule has 6 heteroatoms. The van der Waals surface area contributed by atoms with E-state index in [-0.39, 0.29) is 17.2 Å². The molecule has 1 heterocycles. The Kier molecular flexibility index (Phi) is 5.76. The Hall–Kier alpha value is -2.86. The quantitative estimate of drug-likeness (QED) is 0.636. The summed E-state index contributed by atoms with van der Waals surface area (Å²) in [5, 5.41) is 0.312. The minimum Gasteiger partial charge on any atom is -0.315 e. The van der Waals surface area contributed by atoms with E-state index in [1.807, 2.05) is 56.3 Å². The molecule has 0 radical (unpaired) electrons. The van der Waals surface area contributed by atoms with Gasteiger partial charge < -0.3 is 4.90 Å². The lowest BCUT2D eigenvalue weighted by atomic mass is 10.1. The largest absolute Gasteiger partial charge is 0.315 e. The summed E-state index contributed by atoms with van der Waals surface area (Å²) in [6.45, 7) is 3.99. The summed E-state index contributed by atoms with van der Waals surface area (Å²) in [6.07, 6.45) is 3.24. The standard InChI is InChI=1S/C21H21N3O2S/c1-15-11-16(2)13-18(12-15)24-10-9-22-20(21(24)26)27-14-19(25)23(3)17-7-5-4-6-8-17/h4-13H,14H2,1-3H3. The van der Waals surface area contributed by atoms with Crippen LogP contribution in [-0.2, 0) is 4.79 Å². The van der Waals surface area contributed by atoms with Gasteiger partial charge in [-0.3, -0.25) is 14.2 Å². The zero-order valence-corrected chi connectivity index (χ0v) is 16.4. The number of thioether (sulfide) groups is 1. The summed E-state index contributed by atoms with van der Waals surface area (Å²) in [6, 6.07) is 15.4. The average molecular weight is 379 g/mol. The normalized spacial score (nSPS) is 10.6. The second-order valence-electron chi connectivity index (χ2n) is 6.33. The second kappa shape index (κ2) is 8.22. The number of hydrogen-bond acceptors (Lipinski definition) is 4. The molecule has 0 aliphatic rings. The van der Waals surface area contributed by atoms with Gasteiger partial charge >= 0.3 is 0 Å². The van der Waals surface area contributed by atoms with Gasteiger partial charge in [-0.2, -0.15) is 0 Å². The number of amides is 1. The van der Waals surface area contributed by atoms with E-state index in [1.165, 1.54) is 0 Å². The average Bonchev–Trinajstić information content (AvgIpc) is 2.66. The molecule has 27 heavy (non-hydrogen) atoms. The highest BCUT2D eigenvalue weighted by Crippen LogP contribution is 2.17. The van der Waals surface area contributed by atoms with Gasteiger partial charge in [-0.15, -0.1) is 0 Å². The third-order valence-corrected chi connectivity index (χ3v) is 5.09. The topological polar surface area (TPSA) is 55.2 Å². The molecular formula is C21H21N3O2S. The number of benzene rings is 2. The Bertz CT molecular complexity index is 995. The molecule has 138 valence electrons. The molecule has 0 atom stereocenters. The maximum atomic E-state index is 12.8. The highest BCUT2D eigenvalue weighted by atomic mass is 32.2. The van der Waals surface area contributed by atoms with Gasteiger partial charge in [0.1, 0.15) is 0 Å². The Morgan fingerprint density at radius 2 is 1.78 bits per heavy atom. The van der Waals surface area contributed by atoms with Crippen LogP contribution in [0, 0.1) is 13.8 Å². The lowest BCUT2D eigenvalue weighted by molar-refractivity contribution is -0.115. The fourth-order valence-electron chi connectivity index (χ4n) is 2.81. The fraction of sp³-hybridized carbons (Fsp3) is 0.190. The van der Waals surface area contributed by atoms with Crippen molar-refractivity contribution in [2.24, 2.45) is 0 Å². The molecule has 0 fully saturated rings. The number of carbonyl (C=O) groups excluding carboxylic acids is 1. The van der Waals surface area contributed by atoms with E-state index in [4.69, 9.17) is 0 Å². The summed E-state index contributed by atoms with van der Waals surface area (Å²) in [7, 11) is 1.73. The Morgan fingerprint density at radius 3 is 2.44 bits per heavy atom. The highest BCUT2D eigenvalue weighted by molar-refractivity contribution is 7.99. The summed E-state index contributed by atoms with van der Waals surface area (Å²) in [5.74, 6) is 0.0546. The zero-order chi connectivity index (χ0) is 19.4. The molecule has 0 unspecified atom stereocenters. The summed E-state index contributed by atoms with van der Waals surface area (Å²) < 4.78 is 1.57. The van der Waals surface area contributed by atoms with E-state index in [0.717, 1.165) is 34.3 Å². The molecule has 0 bridgehead atoms. The van der Waals surface area contributed by atoms with Gasteiger partial charge in [0.25, 0.3) is 5.56 Å². The first-order chi connectivity index (χ1) is 13.0. The first-order valence-corrected chi connectivity index (χ1v) is 9.55. The van der Waals surface area contributed by atoms with Crippen LogP contribution in [0.3, 0.4) is 0 Å². The predicted molar refractivity (Wildman–Crippen MR) is 110 cm³/mol. The molecule has 1 aromatic heterocycles. The first kappa shape index (κ1) is 18.9. The van der Waals surface area contributed by atoms with Crippen molar-refractivity contribution in [1.29, 1.82) is 0 Å². The van der Waals surface area contributed by atoms with Crippen LogP contribution < -0.4 is 10.5 Å². The van der Waals surface area contributed by atoms with Crippen LogP contribution in [0.4, 0.5) is 5.69 Å². The third-order valence-electron chi connectivity index (χ3n) is 4.14. The van der Waals surface area contributed by atoms with E-state index in [1.54, 1.807) is 28.9 Å². The van der Waals surface area contributed by atoms with Crippen molar-refractivity contribution < 1.29 is 4.79 Å². The minimum absolute atomic E-state index is 0.0887. The van der Waals surface area contributed by atoms with Crippen molar-refractivity contribution in [2.75, 3.05) is 17.7 Å². The van der Waals surface area contributed by atoms with Gasteiger partial charge in [0, 0.05) is 30.8 Å². The van der Waals surface area contributed by atoms with Gasteiger partial charge in [-0.1, -0.05) is 36.0 Å². The zero-order valence-electron chi connectivity index (χ0n) is 15.5. The number of aryl methyl sites for hydroxylation is 2. The second-order valence-corrected chi connectivity index (χ2v) is 7.29. The van der Waals surface area contributed by atoms with E-state index < -0.39 is 0 Å². The van der Waals surface area contributed by atoms with Crippen molar-refractivity contribution in [3.05, 3.63) is 82.4 Å². The van der Waals surface area contributed by atoms with Crippen molar-refractivity contribution in [3.63, 3.8) is 0 Å². The van der Waals surface area contributed by atoms with E-state index in [9.17, 15) is 9.59 Å². The number of hydrogen-bond donors (Lipinski definition) is 0. The number of para-hydroxylation sites is 1. The SMILES string of the molecule is Cc1cc(C)cc(-n2ccnc(SCC(=O)N(C)c3ccccc3)c2=O)c1. The van der Waals surface area contributed by atoms with Gasteiger partial charge in [0.15, 0.2) is 5.03 Å². The molecule has 0 saturated carbocycles. The Morgan fingerprint density at radius 1 is 1.11 bits per heavy atom. The van der Waals surface area contributed by atoms with Gasteiger partial charge in [-0.25, -0.2) is 4.98 Å². The van der Waals surface area contributed by atoms with Crippen LogP contribution in [0.1, 0.15) is 11.1 Å². The number of aromatic nitrogens is 2. The van der Waals surface area contributed by atoms with Gasteiger partial charge in [0.2, 0.25) is 5.91 Å². The first-order valence-electron chi connectivity index (χ1n) is 8.56. The van der Waals surface area contributed by atoms with Crippen molar-refractivity contribution in [3.8, 4) is 5.69 Å². The highest BCUT2D eigenvalue weighted by Gasteiger charge is 2.14. The molecule has 0 aliphatic heterocycles. The molecule has 1 amide bonds. The summed E-state index contributed by atoms with van der Waals surface area (Å²) >= 11 is 1.16. The molecule has 5 nitrogen and oxygen atoms in total. The minimum atomic E-state index is -0.220. The van der Waals surface area contributed by atoms with Crippen LogP contribution in [0.5, 0.6) is 0 Å². The van der Waals surface area contributed by atoms with Gasteiger partial charge in [0.05, 0.1) is 5.75 Å². The fourth-order valence-corrected chi connectivity index (χ4v) is 3.62. The maximum Gasteiger partial charge on any atom is 0.287 e. The lowest BCUT2D eigenvalue weighted by Gasteiger charge is -2.16. The Balaban J connectivity index is 1.78. The van der Waals surface area contributed by atoms with Crippen LogP contribution in [0.15, 0.2) is 70.7 Å². The van der Waals surface area contributed by atoms with Crippen LogP contribution >= 0.6 is 11.8 Å². The van der Waals surface area contributed by atoms with Crippen molar-refractivity contribution in [2.45, 2.75) is 18.9 Å². The molecule has 0 N–H and O–H groups in total. The molecule has 3 rings (SSSR count). The van der Waals surface area contributed by atoms with E-state index in [2.05, 4.69) is 11.1 Å². The Labute approximate surface area is 162 Å². The molecule has 0 saturated heterocycles. The molecule has 3 aromatic rings. The van der Waals surface area contributed by atoms with Gasteiger partial charge in [-0.05, 0) is 49.2 Å². The van der Waals surface area contributed by atoms with Crippen molar-refractivity contribution in [1.82, 2.24) is 9.55 Å². The number of rotatable bonds is 5. The van der Waals surface area contributed by atoms with E-state index >= 15 is 0 Å². The van der Waals surface area contributed by atoms with Crippen LogP contribution in [0.25, 0.3) is 5.69 Å². The van der Waals surface area contributed by atoms with Crippen LogP contribution in [0.2, 0.25) is 0 Å².